The maximum absolute atomic E-state index is 12.2. The van der Waals surface area contributed by atoms with Gasteiger partial charge in [0.15, 0.2) is 0 Å². The molecule has 5 nitrogen and oxygen atoms in total. The van der Waals surface area contributed by atoms with Gasteiger partial charge in [-0.1, -0.05) is 40.5 Å². The van der Waals surface area contributed by atoms with E-state index in [9.17, 15) is 4.79 Å². The smallest absolute Gasteiger partial charge is 0.349 e. The van der Waals surface area contributed by atoms with E-state index in [0.717, 1.165) is 11.1 Å². The Morgan fingerprint density at radius 3 is 2.79 bits per heavy atom. The molecule has 118 valence electrons. The van der Waals surface area contributed by atoms with Gasteiger partial charge in [0, 0.05) is 16.0 Å². The van der Waals surface area contributed by atoms with Gasteiger partial charge in [-0.15, -0.1) is 0 Å². The van der Waals surface area contributed by atoms with Crippen molar-refractivity contribution in [2.24, 2.45) is 0 Å². The van der Waals surface area contributed by atoms with Gasteiger partial charge in [-0.25, -0.2) is 4.79 Å². The molecule has 0 radical (unpaired) electrons. The molecule has 4 rings (SSSR count). The van der Waals surface area contributed by atoms with Crippen LogP contribution in [0.25, 0.3) is 33.8 Å². The highest BCUT2D eigenvalue weighted by Crippen LogP contribution is 2.25. The first-order chi connectivity index (χ1) is 11.6. The summed E-state index contributed by atoms with van der Waals surface area (Å²) in [7, 11) is 0. The van der Waals surface area contributed by atoms with E-state index < -0.39 is 5.63 Å². The molecule has 0 bridgehead atoms. The first kappa shape index (κ1) is 14.7. The van der Waals surface area contributed by atoms with E-state index in [1.54, 1.807) is 24.3 Å². The maximum Gasteiger partial charge on any atom is 0.349 e. The Bertz CT molecular complexity index is 1110. The fourth-order valence-corrected chi connectivity index (χ4v) is 2.66. The van der Waals surface area contributed by atoms with Crippen molar-refractivity contribution in [3.05, 3.63) is 69.5 Å². The second kappa shape index (κ2) is 5.62. The number of aryl methyl sites for hydroxylation is 1. The lowest BCUT2D eigenvalue weighted by Gasteiger charge is -1.99. The highest BCUT2D eigenvalue weighted by atomic mass is 35.5. The van der Waals surface area contributed by atoms with Crippen molar-refractivity contribution in [2.75, 3.05) is 0 Å². The van der Waals surface area contributed by atoms with Gasteiger partial charge in [-0.3, -0.25) is 0 Å². The van der Waals surface area contributed by atoms with E-state index in [1.165, 1.54) is 0 Å². The third-order valence-electron chi connectivity index (χ3n) is 3.63. The van der Waals surface area contributed by atoms with Crippen LogP contribution in [-0.4, -0.2) is 10.1 Å². The third kappa shape index (κ3) is 2.59. The molecule has 0 saturated carbocycles. The minimum absolute atomic E-state index is 0.113. The second-order valence-corrected chi connectivity index (χ2v) is 5.86. The molecule has 0 aliphatic carbocycles. The first-order valence-electron chi connectivity index (χ1n) is 7.25. The summed E-state index contributed by atoms with van der Waals surface area (Å²) in [6.07, 6.45) is 0. The molecular weight excluding hydrogens is 328 g/mol. The molecule has 0 atom stereocenters. The highest BCUT2D eigenvalue weighted by molar-refractivity contribution is 6.31. The van der Waals surface area contributed by atoms with Crippen molar-refractivity contribution in [2.45, 2.75) is 6.92 Å². The van der Waals surface area contributed by atoms with Crippen molar-refractivity contribution < 1.29 is 8.94 Å². The number of hydrogen-bond donors (Lipinski definition) is 0. The van der Waals surface area contributed by atoms with Gasteiger partial charge in [0.05, 0.1) is 0 Å². The Kier molecular flexibility index (Phi) is 3.43. The Labute approximate surface area is 141 Å². The minimum Gasteiger partial charge on any atom is -0.422 e. The summed E-state index contributed by atoms with van der Waals surface area (Å²) in [6, 6.07) is 14.4. The third-order valence-corrected chi connectivity index (χ3v) is 3.86. The van der Waals surface area contributed by atoms with Crippen molar-refractivity contribution in [1.29, 1.82) is 0 Å². The largest absolute Gasteiger partial charge is 0.422 e. The van der Waals surface area contributed by atoms with Gasteiger partial charge in [0.1, 0.15) is 11.1 Å². The predicted molar refractivity (Wildman–Crippen MR) is 91.0 cm³/mol. The van der Waals surface area contributed by atoms with Crippen molar-refractivity contribution in [1.82, 2.24) is 10.1 Å². The second-order valence-electron chi connectivity index (χ2n) is 5.42. The zero-order chi connectivity index (χ0) is 16.7. The normalized spacial score (nSPS) is 11.1. The van der Waals surface area contributed by atoms with Crippen LogP contribution in [0.15, 0.2) is 62.3 Å². The van der Waals surface area contributed by atoms with E-state index >= 15 is 0 Å². The number of halogens is 1. The number of aromatic nitrogens is 2. The number of hydrogen-bond acceptors (Lipinski definition) is 5. The van der Waals surface area contributed by atoms with Crippen LogP contribution in [0.4, 0.5) is 0 Å². The van der Waals surface area contributed by atoms with Crippen LogP contribution in [-0.2, 0) is 0 Å². The number of fused-ring (bicyclic) bond motifs is 1. The van der Waals surface area contributed by atoms with E-state index in [0.29, 0.717) is 21.8 Å². The van der Waals surface area contributed by atoms with Gasteiger partial charge in [0.2, 0.25) is 5.82 Å². The summed E-state index contributed by atoms with van der Waals surface area (Å²) in [5.74, 6) is 0.529. The Morgan fingerprint density at radius 2 is 1.96 bits per heavy atom. The van der Waals surface area contributed by atoms with Crippen LogP contribution < -0.4 is 5.63 Å². The van der Waals surface area contributed by atoms with Crippen LogP contribution in [0, 0.1) is 6.92 Å². The summed E-state index contributed by atoms with van der Waals surface area (Å²) < 4.78 is 10.5. The minimum atomic E-state index is -0.538. The Morgan fingerprint density at radius 1 is 1.08 bits per heavy atom. The number of benzene rings is 2. The fraction of sp³-hybridized carbons (Fsp3) is 0.0556. The topological polar surface area (TPSA) is 69.1 Å². The molecule has 0 saturated heterocycles. The summed E-state index contributed by atoms with van der Waals surface area (Å²) in [5, 5.41) is 5.19. The molecule has 4 aromatic rings. The maximum atomic E-state index is 12.2. The number of nitrogens with zero attached hydrogens (tertiary/aromatic N) is 2. The monoisotopic (exact) mass is 338 g/mol. The van der Waals surface area contributed by atoms with E-state index in [2.05, 4.69) is 10.1 Å². The van der Waals surface area contributed by atoms with Gasteiger partial charge in [-0.2, -0.15) is 4.98 Å². The van der Waals surface area contributed by atoms with Crippen molar-refractivity contribution >= 4 is 22.6 Å². The number of rotatable bonds is 2. The lowest BCUT2D eigenvalue weighted by Crippen LogP contribution is -2.02. The predicted octanol–water partition coefficient (Wildman–Crippen LogP) is 4.47. The molecule has 24 heavy (non-hydrogen) atoms. The van der Waals surface area contributed by atoms with Crippen LogP contribution in [0.1, 0.15) is 5.56 Å². The zero-order valence-electron chi connectivity index (χ0n) is 12.6. The molecule has 0 amide bonds. The molecule has 0 N–H and O–H groups in total. The van der Waals surface area contributed by atoms with Crippen LogP contribution >= 0.6 is 11.6 Å². The molecule has 2 aromatic carbocycles. The molecule has 0 aliphatic rings. The SMILES string of the molecule is Cc1cccc(-c2noc(-c3cc4cc(Cl)ccc4oc3=O)n2)c1. The lowest BCUT2D eigenvalue weighted by molar-refractivity contribution is 0.429. The van der Waals surface area contributed by atoms with E-state index in [-0.39, 0.29) is 11.5 Å². The van der Waals surface area contributed by atoms with Crippen LogP contribution in [0.3, 0.4) is 0 Å². The molecule has 2 heterocycles. The highest BCUT2D eigenvalue weighted by Gasteiger charge is 2.16. The van der Waals surface area contributed by atoms with Crippen LogP contribution in [0.2, 0.25) is 5.02 Å². The van der Waals surface area contributed by atoms with Gasteiger partial charge >= 0.3 is 5.63 Å². The van der Waals surface area contributed by atoms with Gasteiger partial charge < -0.3 is 8.94 Å². The fourth-order valence-electron chi connectivity index (χ4n) is 2.48. The molecule has 0 unspecified atom stereocenters. The van der Waals surface area contributed by atoms with E-state index in [1.807, 2.05) is 31.2 Å². The lowest BCUT2D eigenvalue weighted by atomic mass is 10.1. The molecule has 6 heteroatoms. The van der Waals surface area contributed by atoms with Crippen molar-refractivity contribution in [3.8, 4) is 22.8 Å². The average molecular weight is 339 g/mol. The molecule has 0 aliphatic heterocycles. The quantitative estimate of drug-likeness (QED) is 0.504. The standard InChI is InChI=1S/C18H11ClN2O3/c1-10-3-2-4-11(7-10)16-20-17(24-21-16)14-9-12-8-13(19)5-6-15(12)23-18(14)22/h2-9H,1H3. The summed E-state index contributed by atoms with van der Waals surface area (Å²) in [6.45, 7) is 1.98. The Hall–Kier alpha value is -2.92. The zero-order valence-corrected chi connectivity index (χ0v) is 13.4. The van der Waals surface area contributed by atoms with Gasteiger partial charge in [-0.05, 0) is 37.3 Å². The average Bonchev–Trinajstić information content (AvgIpc) is 3.04. The molecule has 0 spiro atoms. The van der Waals surface area contributed by atoms with Crippen LogP contribution in [0.5, 0.6) is 0 Å². The molecular formula is C18H11ClN2O3. The van der Waals surface area contributed by atoms with Gasteiger partial charge in [0.25, 0.3) is 5.89 Å². The first-order valence-corrected chi connectivity index (χ1v) is 7.62. The summed E-state index contributed by atoms with van der Waals surface area (Å²) in [4.78, 5) is 16.5. The molecule has 2 aromatic heterocycles. The Balaban J connectivity index is 1.83. The summed E-state index contributed by atoms with van der Waals surface area (Å²) in [5.41, 5.74) is 2.02. The van der Waals surface area contributed by atoms with Crippen molar-refractivity contribution in [3.63, 3.8) is 0 Å². The summed E-state index contributed by atoms with van der Waals surface area (Å²) >= 11 is 5.98. The van der Waals surface area contributed by atoms with E-state index in [4.69, 9.17) is 20.5 Å². The molecule has 0 fully saturated rings.